The van der Waals surface area contributed by atoms with Gasteiger partial charge in [0.15, 0.2) is 0 Å². The summed E-state index contributed by atoms with van der Waals surface area (Å²) in [6.45, 7) is 8.16. The smallest absolute Gasteiger partial charge is 0.240 e. The van der Waals surface area contributed by atoms with Crippen LogP contribution in [0, 0.1) is 6.92 Å². The quantitative estimate of drug-likeness (QED) is 0.715. The third-order valence-electron chi connectivity index (χ3n) is 5.19. The van der Waals surface area contributed by atoms with Crippen molar-refractivity contribution in [3.8, 4) is 0 Å². The molecule has 0 spiro atoms. The van der Waals surface area contributed by atoms with Crippen LogP contribution < -0.4 is 10.2 Å². The number of anilines is 2. The average molecular weight is 397 g/mol. The second kappa shape index (κ2) is 8.20. The molecule has 8 heteroatoms. The zero-order valence-electron chi connectivity index (χ0n) is 16.2. The van der Waals surface area contributed by atoms with Gasteiger partial charge in [-0.3, -0.25) is 20.0 Å². The van der Waals surface area contributed by atoms with Gasteiger partial charge in [0.05, 0.1) is 17.7 Å². The van der Waals surface area contributed by atoms with Crippen LogP contribution in [0.1, 0.15) is 18.2 Å². The molecular formula is C20H24N6OS. The number of carbonyl (C=O) groups excluding carboxylic acids is 1. The van der Waals surface area contributed by atoms with E-state index >= 15 is 0 Å². The molecule has 1 aliphatic heterocycles. The van der Waals surface area contributed by atoms with Gasteiger partial charge >= 0.3 is 0 Å². The number of aryl methyl sites for hydroxylation is 1. The summed E-state index contributed by atoms with van der Waals surface area (Å²) in [4.78, 5) is 21.6. The van der Waals surface area contributed by atoms with Crippen LogP contribution in [0.25, 0.3) is 10.9 Å². The molecule has 1 saturated heterocycles. The minimum atomic E-state index is -0.0374. The van der Waals surface area contributed by atoms with Gasteiger partial charge in [-0.05, 0) is 25.0 Å². The highest BCUT2D eigenvalue weighted by molar-refractivity contribution is 7.13. The van der Waals surface area contributed by atoms with E-state index in [-0.39, 0.29) is 5.91 Å². The van der Waals surface area contributed by atoms with Gasteiger partial charge in [0, 0.05) is 37.3 Å². The lowest BCUT2D eigenvalue weighted by atomic mass is 10.0. The van der Waals surface area contributed by atoms with Crippen LogP contribution in [0.15, 0.2) is 29.8 Å². The molecule has 1 aromatic carbocycles. The third-order valence-corrected chi connectivity index (χ3v) is 5.79. The van der Waals surface area contributed by atoms with E-state index in [1.165, 1.54) is 28.0 Å². The van der Waals surface area contributed by atoms with Crippen molar-refractivity contribution < 1.29 is 4.79 Å². The van der Waals surface area contributed by atoms with Crippen molar-refractivity contribution >= 4 is 39.0 Å². The summed E-state index contributed by atoms with van der Waals surface area (Å²) in [5, 5.41) is 12.2. The first-order valence-electron chi connectivity index (χ1n) is 9.57. The Morgan fingerprint density at radius 2 is 2.00 bits per heavy atom. The fourth-order valence-corrected chi connectivity index (χ4v) is 4.32. The van der Waals surface area contributed by atoms with Crippen LogP contribution >= 0.6 is 11.3 Å². The highest BCUT2D eigenvalue weighted by Gasteiger charge is 2.23. The third kappa shape index (κ3) is 3.83. The molecule has 0 unspecified atom stereocenters. The molecular weight excluding hydrogens is 372 g/mol. The number of pyridine rings is 1. The zero-order valence-corrected chi connectivity index (χ0v) is 17.0. The van der Waals surface area contributed by atoms with E-state index in [9.17, 15) is 4.79 Å². The number of carbonyl (C=O) groups is 1. The van der Waals surface area contributed by atoms with Gasteiger partial charge in [0.1, 0.15) is 5.51 Å². The lowest BCUT2D eigenvalue weighted by molar-refractivity contribution is -0.117. The Balaban J connectivity index is 1.47. The van der Waals surface area contributed by atoms with E-state index in [1.54, 1.807) is 5.51 Å². The lowest BCUT2D eigenvalue weighted by Gasteiger charge is -2.37. The van der Waals surface area contributed by atoms with Crippen molar-refractivity contribution in [3.63, 3.8) is 0 Å². The Morgan fingerprint density at radius 1 is 1.21 bits per heavy atom. The fourth-order valence-electron chi connectivity index (χ4n) is 3.86. The second-order valence-electron chi connectivity index (χ2n) is 6.95. The SMILES string of the molecule is CCc1c(C)nc2ccccc2c1N1CCN(CC(=O)Nc2nncs2)CC1. The number of piperazine rings is 1. The van der Waals surface area contributed by atoms with Gasteiger partial charge < -0.3 is 4.90 Å². The number of amides is 1. The summed E-state index contributed by atoms with van der Waals surface area (Å²) in [5.41, 5.74) is 6.40. The van der Waals surface area contributed by atoms with Crippen molar-refractivity contribution in [2.24, 2.45) is 0 Å². The fraction of sp³-hybridized carbons (Fsp3) is 0.400. The number of fused-ring (bicyclic) bond motifs is 1. The maximum Gasteiger partial charge on any atom is 0.240 e. The molecule has 1 aliphatic rings. The maximum absolute atomic E-state index is 12.2. The van der Waals surface area contributed by atoms with Gasteiger partial charge in [0.25, 0.3) is 0 Å². The summed E-state index contributed by atoms with van der Waals surface area (Å²) in [7, 11) is 0. The molecule has 1 N–H and O–H groups in total. The number of para-hydroxylation sites is 1. The molecule has 0 bridgehead atoms. The normalized spacial score (nSPS) is 15.1. The minimum Gasteiger partial charge on any atom is -0.368 e. The standard InChI is InChI=1S/C20H24N6OS/c1-3-15-14(2)22-17-7-5-4-6-16(17)19(15)26-10-8-25(9-11-26)12-18(27)23-20-24-21-13-28-20/h4-7,13H,3,8-12H2,1-2H3,(H,23,24,27). The van der Waals surface area contributed by atoms with Crippen LogP contribution in [-0.2, 0) is 11.2 Å². The number of benzene rings is 1. The molecule has 28 heavy (non-hydrogen) atoms. The topological polar surface area (TPSA) is 74.2 Å². The Bertz CT molecular complexity index is 966. The summed E-state index contributed by atoms with van der Waals surface area (Å²) in [6, 6.07) is 8.37. The van der Waals surface area contributed by atoms with E-state index < -0.39 is 0 Å². The van der Waals surface area contributed by atoms with E-state index in [4.69, 9.17) is 4.98 Å². The van der Waals surface area contributed by atoms with Crippen LogP contribution in [0.2, 0.25) is 0 Å². The van der Waals surface area contributed by atoms with E-state index in [0.717, 1.165) is 43.8 Å². The Morgan fingerprint density at radius 3 is 2.71 bits per heavy atom. The van der Waals surface area contributed by atoms with E-state index in [0.29, 0.717) is 11.7 Å². The predicted octanol–water partition coefficient (Wildman–Crippen LogP) is 2.72. The summed E-state index contributed by atoms with van der Waals surface area (Å²) in [6.07, 6.45) is 0.962. The second-order valence-corrected chi connectivity index (χ2v) is 7.78. The van der Waals surface area contributed by atoms with Gasteiger partial charge in [-0.1, -0.05) is 36.5 Å². The predicted molar refractivity (Wildman–Crippen MR) is 113 cm³/mol. The van der Waals surface area contributed by atoms with E-state index in [2.05, 4.69) is 57.4 Å². The molecule has 0 saturated carbocycles. The molecule has 0 radical (unpaired) electrons. The number of nitrogens with zero attached hydrogens (tertiary/aromatic N) is 5. The molecule has 1 fully saturated rings. The van der Waals surface area contributed by atoms with Gasteiger partial charge in [-0.15, -0.1) is 10.2 Å². The molecule has 2 aromatic heterocycles. The van der Waals surface area contributed by atoms with Crippen molar-refractivity contribution in [1.82, 2.24) is 20.1 Å². The zero-order chi connectivity index (χ0) is 19.5. The monoisotopic (exact) mass is 396 g/mol. The summed E-state index contributed by atoms with van der Waals surface area (Å²) >= 11 is 1.33. The van der Waals surface area contributed by atoms with Gasteiger partial charge in [0.2, 0.25) is 11.0 Å². The first-order valence-corrected chi connectivity index (χ1v) is 10.4. The molecule has 146 valence electrons. The number of nitrogens with one attached hydrogen (secondary N) is 1. The number of hydrogen-bond donors (Lipinski definition) is 1. The first-order chi connectivity index (χ1) is 13.7. The summed E-state index contributed by atoms with van der Waals surface area (Å²) in [5.74, 6) is -0.0374. The largest absolute Gasteiger partial charge is 0.368 e. The van der Waals surface area contributed by atoms with Crippen molar-refractivity contribution in [2.75, 3.05) is 42.9 Å². The lowest BCUT2D eigenvalue weighted by Crippen LogP contribution is -2.49. The maximum atomic E-state index is 12.2. The minimum absolute atomic E-state index is 0.0374. The Labute approximate surface area is 168 Å². The molecule has 0 atom stereocenters. The number of aromatic nitrogens is 3. The van der Waals surface area contributed by atoms with Crippen LogP contribution in [0.5, 0.6) is 0 Å². The van der Waals surface area contributed by atoms with Gasteiger partial charge in [-0.25, -0.2) is 0 Å². The van der Waals surface area contributed by atoms with Crippen LogP contribution in [0.4, 0.5) is 10.8 Å². The Hall–Kier alpha value is -2.58. The highest BCUT2D eigenvalue weighted by atomic mass is 32.1. The first kappa shape index (κ1) is 18.8. The van der Waals surface area contributed by atoms with Crippen LogP contribution in [0.3, 0.4) is 0 Å². The highest BCUT2D eigenvalue weighted by Crippen LogP contribution is 2.32. The van der Waals surface area contributed by atoms with Crippen molar-refractivity contribution in [2.45, 2.75) is 20.3 Å². The van der Waals surface area contributed by atoms with Crippen LogP contribution in [-0.4, -0.2) is 58.7 Å². The molecule has 1 amide bonds. The van der Waals surface area contributed by atoms with Gasteiger partial charge in [-0.2, -0.15) is 0 Å². The van der Waals surface area contributed by atoms with Crippen molar-refractivity contribution in [3.05, 3.63) is 41.0 Å². The number of rotatable bonds is 5. The molecule has 0 aliphatic carbocycles. The average Bonchev–Trinajstić information content (AvgIpc) is 3.20. The van der Waals surface area contributed by atoms with E-state index in [1.807, 2.05) is 6.07 Å². The molecule has 3 heterocycles. The summed E-state index contributed by atoms with van der Waals surface area (Å²) < 4.78 is 0. The number of hydrogen-bond acceptors (Lipinski definition) is 7. The van der Waals surface area contributed by atoms with Crippen molar-refractivity contribution in [1.29, 1.82) is 0 Å². The molecule has 4 rings (SSSR count). The Kier molecular flexibility index (Phi) is 5.50. The molecule has 7 nitrogen and oxygen atoms in total. The molecule has 3 aromatic rings.